The number of nitrogens with zero attached hydrogens (tertiary/aromatic N) is 2. The molecule has 2 saturated carbocycles. The van der Waals surface area contributed by atoms with Crippen LogP contribution >= 0.6 is 12.4 Å². The van der Waals surface area contributed by atoms with E-state index < -0.39 is 5.54 Å². The molecule has 6 heteroatoms. The molecular formula is C20H28ClN3O2. The smallest absolute Gasteiger partial charge is 0.242 e. The van der Waals surface area contributed by atoms with E-state index in [9.17, 15) is 9.59 Å². The van der Waals surface area contributed by atoms with Crippen molar-refractivity contribution in [1.82, 2.24) is 9.80 Å². The van der Waals surface area contributed by atoms with Gasteiger partial charge in [-0.05, 0) is 44.1 Å². The Bertz CT molecular complexity index is 650. The predicted molar refractivity (Wildman–Crippen MR) is 103 cm³/mol. The molecule has 2 N–H and O–H groups in total. The number of nitrogens with two attached hydrogens (primary N) is 1. The van der Waals surface area contributed by atoms with E-state index in [1.54, 1.807) is 0 Å². The van der Waals surface area contributed by atoms with Crippen molar-refractivity contribution in [2.24, 2.45) is 11.7 Å². The minimum absolute atomic E-state index is 0. The lowest BCUT2D eigenvalue weighted by molar-refractivity contribution is -0.142. The predicted octanol–water partition coefficient (Wildman–Crippen LogP) is 2.33. The second-order valence-electron chi connectivity index (χ2n) is 7.91. The van der Waals surface area contributed by atoms with Gasteiger partial charge in [-0.3, -0.25) is 9.59 Å². The zero-order valence-corrected chi connectivity index (χ0v) is 15.9. The van der Waals surface area contributed by atoms with Gasteiger partial charge in [-0.25, -0.2) is 0 Å². The quantitative estimate of drug-likeness (QED) is 0.856. The molecule has 26 heavy (non-hydrogen) atoms. The maximum absolute atomic E-state index is 13.1. The van der Waals surface area contributed by atoms with E-state index in [0.29, 0.717) is 25.7 Å². The van der Waals surface area contributed by atoms with Gasteiger partial charge in [-0.15, -0.1) is 12.4 Å². The molecule has 1 aromatic carbocycles. The Morgan fingerprint density at radius 3 is 2.23 bits per heavy atom. The summed E-state index contributed by atoms with van der Waals surface area (Å²) in [6.07, 6.45) is 5.36. The molecule has 1 heterocycles. The Morgan fingerprint density at radius 1 is 1.08 bits per heavy atom. The highest BCUT2D eigenvalue weighted by Crippen LogP contribution is 2.36. The van der Waals surface area contributed by atoms with Crippen LogP contribution in [0.1, 0.15) is 44.1 Å². The number of benzene rings is 1. The first-order valence-corrected chi connectivity index (χ1v) is 9.49. The van der Waals surface area contributed by atoms with Gasteiger partial charge in [-0.1, -0.05) is 30.3 Å². The van der Waals surface area contributed by atoms with Crippen LogP contribution in [0.2, 0.25) is 0 Å². The first-order chi connectivity index (χ1) is 12.1. The maximum atomic E-state index is 13.1. The van der Waals surface area contributed by atoms with E-state index >= 15 is 0 Å². The third-order valence-corrected chi connectivity index (χ3v) is 5.81. The molecule has 0 atom stereocenters. The average Bonchev–Trinajstić information content (AvgIpc) is 3.57. The lowest BCUT2D eigenvalue weighted by Gasteiger charge is -2.35. The van der Waals surface area contributed by atoms with Crippen molar-refractivity contribution in [1.29, 1.82) is 0 Å². The molecule has 0 radical (unpaired) electrons. The first kappa shape index (κ1) is 19.2. The summed E-state index contributed by atoms with van der Waals surface area (Å²) in [5.74, 6) is 0.398. The molecule has 3 aliphatic rings. The average molecular weight is 378 g/mol. The Morgan fingerprint density at radius 2 is 1.69 bits per heavy atom. The van der Waals surface area contributed by atoms with Crippen LogP contribution in [0, 0.1) is 5.92 Å². The fourth-order valence-corrected chi connectivity index (χ4v) is 3.78. The lowest BCUT2D eigenvalue weighted by Crippen LogP contribution is -2.50. The first-order valence-electron chi connectivity index (χ1n) is 9.49. The van der Waals surface area contributed by atoms with Crippen LogP contribution in [-0.2, 0) is 16.1 Å². The highest BCUT2D eigenvalue weighted by Gasteiger charge is 2.49. The number of hydrogen-bond donors (Lipinski definition) is 1. The number of hydrogen-bond acceptors (Lipinski definition) is 3. The van der Waals surface area contributed by atoms with Crippen LogP contribution in [-0.4, -0.2) is 46.3 Å². The summed E-state index contributed by atoms with van der Waals surface area (Å²) in [6, 6.07) is 10.6. The van der Waals surface area contributed by atoms with Gasteiger partial charge in [0.2, 0.25) is 11.8 Å². The van der Waals surface area contributed by atoms with E-state index in [0.717, 1.165) is 38.5 Å². The topological polar surface area (TPSA) is 66.6 Å². The third-order valence-electron chi connectivity index (χ3n) is 5.81. The van der Waals surface area contributed by atoms with Crippen molar-refractivity contribution >= 4 is 24.2 Å². The van der Waals surface area contributed by atoms with E-state index in [1.807, 2.05) is 23.1 Å². The highest BCUT2D eigenvalue weighted by molar-refractivity contribution is 5.89. The monoisotopic (exact) mass is 377 g/mol. The SMILES string of the molecule is Cl.NC1(C(=O)N2CCC(C(=O)N(Cc3ccccc3)C3CC3)CC2)CC1. The molecule has 0 bridgehead atoms. The van der Waals surface area contributed by atoms with Gasteiger partial charge >= 0.3 is 0 Å². The minimum atomic E-state index is -0.593. The van der Waals surface area contributed by atoms with Crippen LogP contribution in [0.5, 0.6) is 0 Å². The summed E-state index contributed by atoms with van der Waals surface area (Å²) in [7, 11) is 0. The molecule has 4 rings (SSSR count). The van der Waals surface area contributed by atoms with Crippen molar-refractivity contribution in [3.8, 4) is 0 Å². The summed E-state index contributed by atoms with van der Waals surface area (Å²) >= 11 is 0. The Balaban J connectivity index is 0.00000196. The molecule has 2 aliphatic carbocycles. The van der Waals surface area contributed by atoms with Crippen LogP contribution < -0.4 is 5.73 Å². The standard InChI is InChI=1S/C20H27N3O2.ClH/c21-20(10-11-20)19(25)22-12-8-16(9-13-22)18(24)23(17-6-7-17)14-15-4-2-1-3-5-15;/h1-5,16-17H,6-14,21H2;1H. The normalized spacial score (nSPS) is 21.7. The number of amides is 2. The fourth-order valence-electron chi connectivity index (χ4n) is 3.78. The van der Waals surface area contributed by atoms with Crippen molar-refractivity contribution in [2.45, 2.75) is 56.7 Å². The van der Waals surface area contributed by atoms with Gasteiger partial charge in [0, 0.05) is 31.6 Å². The Kier molecular flexibility index (Phi) is 5.58. The van der Waals surface area contributed by atoms with E-state index in [4.69, 9.17) is 5.73 Å². The molecule has 0 spiro atoms. The van der Waals surface area contributed by atoms with Crippen molar-refractivity contribution in [2.75, 3.05) is 13.1 Å². The van der Waals surface area contributed by atoms with E-state index in [1.165, 1.54) is 5.56 Å². The van der Waals surface area contributed by atoms with Crippen LogP contribution in [0.15, 0.2) is 30.3 Å². The maximum Gasteiger partial charge on any atom is 0.242 e. The Labute approximate surface area is 161 Å². The van der Waals surface area contributed by atoms with Gasteiger partial charge in [0.05, 0.1) is 5.54 Å². The molecule has 1 aliphatic heterocycles. The van der Waals surface area contributed by atoms with Crippen molar-refractivity contribution < 1.29 is 9.59 Å². The zero-order chi connectivity index (χ0) is 17.4. The summed E-state index contributed by atoms with van der Waals surface area (Å²) in [5.41, 5.74) is 6.63. The summed E-state index contributed by atoms with van der Waals surface area (Å²) in [5, 5.41) is 0. The fraction of sp³-hybridized carbons (Fsp3) is 0.600. The molecule has 2 amide bonds. The largest absolute Gasteiger partial charge is 0.341 e. The minimum Gasteiger partial charge on any atom is -0.341 e. The van der Waals surface area contributed by atoms with Crippen molar-refractivity contribution in [3.05, 3.63) is 35.9 Å². The van der Waals surface area contributed by atoms with Gasteiger partial charge < -0.3 is 15.5 Å². The highest BCUT2D eigenvalue weighted by atomic mass is 35.5. The molecule has 0 unspecified atom stereocenters. The second-order valence-corrected chi connectivity index (χ2v) is 7.91. The third kappa shape index (κ3) is 4.04. The molecule has 1 saturated heterocycles. The lowest BCUT2D eigenvalue weighted by atomic mass is 9.94. The van der Waals surface area contributed by atoms with Gasteiger partial charge in [-0.2, -0.15) is 0 Å². The number of rotatable bonds is 5. The van der Waals surface area contributed by atoms with Crippen molar-refractivity contribution in [3.63, 3.8) is 0 Å². The summed E-state index contributed by atoms with van der Waals surface area (Å²) in [4.78, 5) is 29.4. The molecule has 1 aromatic rings. The number of carbonyl (C=O) groups is 2. The van der Waals surface area contributed by atoms with E-state index in [-0.39, 0.29) is 30.1 Å². The summed E-state index contributed by atoms with van der Waals surface area (Å²) in [6.45, 7) is 2.03. The molecule has 5 nitrogen and oxygen atoms in total. The zero-order valence-electron chi connectivity index (χ0n) is 15.1. The van der Waals surface area contributed by atoms with Crippen LogP contribution in [0.25, 0.3) is 0 Å². The number of carbonyl (C=O) groups excluding carboxylic acids is 2. The summed E-state index contributed by atoms with van der Waals surface area (Å²) < 4.78 is 0. The van der Waals surface area contributed by atoms with Gasteiger partial charge in [0.1, 0.15) is 0 Å². The molecular weight excluding hydrogens is 350 g/mol. The number of likely N-dealkylation sites (tertiary alicyclic amines) is 1. The van der Waals surface area contributed by atoms with Gasteiger partial charge in [0.15, 0.2) is 0 Å². The van der Waals surface area contributed by atoms with Crippen LogP contribution in [0.3, 0.4) is 0 Å². The Hall–Kier alpha value is -1.59. The molecule has 142 valence electrons. The van der Waals surface area contributed by atoms with Gasteiger partial charge in [0.25, 0.3) is 0 Å². The van der Waals surface area contributed by atoms with E-state index in [2.05, 4.69) is 17.0 Å². The number of piperidine rings is 1. The van der Waals surface area contributed by atoms with Crippen LogP contribution in [0.4, 0.5) is 0 Å². The number of halogens is 1. The molecule has 0 aromatic heterocycles. The second kappa shape index (κ2) is 7.57. The molecule has 3 fully saturated rings.